The van der Waals surface area contributed by atoms with Crippen LogP contribution in [0.4, 0.5) is 10.1 Å². The number of carbonyl (C=O) groups is 1. The van der Waals surface area contributed by atoms with E-state index in [9.17, 15) is 19.3 Å². The highest BCUT2D eigenvalue weighted by Gasteiger charge is 2.26. The van der Waals surface area contributed by atoms with E-state index in [-0.39, 0.29) is 10.0 Å². The topological polar surface area (TPSA) is 72.2 Å². The van der Waals surface area contributed by atoms with E-state index in [2.05, 4.69) is 21.2 Å². The second kappa shape index (κ2) is 5.01. The Bertz CT molecular complexity index is 517. The zero-order chi connectivity index (χ0) is 13.3. The van der Waals surface area contributed by atoms with E-state index in [0.29, 0.717) is 12.5 Å². The number of benzene rings is 1. The average molecular weight is 317 g/mol. The van der Waals surface area contributed by atoms with Crippen molar-refractivity contribution in [2.45, 2.75) is 12.8 Å². The van der Waals surface area contributed by atoms with Crippen LogP contribution in [0, 0.1) is 21.8 Å². The van der Waals surface area contributed by atoms with E-state index in [4.69, 9.17) is 0 Å². The van der Waals surface area contributed by atoms with Gasteiger partial charge < -0.3 is 5.32 Å². The van der Waals surface area contributed by atoms with Crippen molar-refractivity contribution < 1.29 is 14.1 Å². The summed E-state index contributed by atoms with van der Waals surface area (Å²) in [6.45, 7) is 0.480. The van der Waals surface area contributed by atoms with Crippen LogP contribution in [0.15, 0.2) is 16.6 Å². The second-order valence-corrected chi connectivity index (χ2v) is 5.05. The molecule has 0 aromatic heterocycles. The number of rotatable bonds is 4. The number of nitro groups is 1. The molecule has 5 nitrogen and oxygen atoms in total. The molecule has 0 aliphatic heterocycles. The quantitative estimate of drug-likeness (QED) is 0.685. The molecule has 0 unspecified atom stereocenters. The summed E-state index contributed by atoms with van der Waals surface area (Å²) in [6, 6.07) is 1.88. The normalized spacial score (nSPS) is 14.3. The molecule has 0 radical (unpaired) electrons. The number of hydrogen-bond donors (Lipinski definition) is 1. The van der Waals surface area contributed by atoms with Gasteiger partial charge in [-0.2, -0.15) is 0 Å². The summed E-state index contributed by atoms with van der Waals surface area (Å²) in [5.74, 6) is -0.856. The van der Waals surface area contributed by atoms with Gasteiger partial charge in [-0.3, -0.25) is 14.9 Å². The summed E-state index contributed by atoms with van der Waals surface area (Å²) >= 11 is 2.86. The summed E-state index contributed by atoms with van der Waals surface area (Å²) in [6.07, 6.45) is 2.11. The lowest BCUT2D eigenvalue weighted by atomic mass is 10.1. The predicted octanol–water partition coefficient (Wildman–Crippen LogP) is 2.64. The zero-order valence-electron chi connectivity index (χ0n) is 9.28. The Kier molecular flexibility index (Phi) is 3.60. The maximum absolute atomic E-state index is 13.3. The van der Waals surface area contributed by atoms with Crippen LogP contribution in [0.1, 0.15) is 23.2 Å². The molecule has 1 amide bonds. The molecule has 0 heterocycles. The Morgan fingerprint density at radius 1 is 1.56 bits per heavy atom. The Morgan fingerprint density at radius 2 is 2.22 bits per heavy atom. The van der Waals surface area contributed by atoms with Crippen LogP contribution in [0.25, 0.3) is 0 Å². The molecule has 96 valence electrons. The minimum absolute atomic E-state index is 0.0343. The number of nitrogens with zero attached hydrogens (tertiary/aromatic N) is 1. The van der Waals surface area contributed by atoms with Gasteiger partial charge in [-0.15, -0.1) is 0 Å². The van der Waals surface area contributed by atoms with E-state index >= 15 is 0 Å². The fourth-order valence-electron chi connectivity index (χ4n) is 1.52. The van der Waals surface area contributed by atoms with Crippen molar-refractivity contribution in [3.8, 4) is 0 Å². The highest BCUT2D eigenvalue weighted by atomic mass is 79.9. The maximum Gasteiger partial charge on any atom is 0.283 e. The molecule has 1 aliphatic carbocycles. The number of carbonyl (C=O) groups excluding carboxylic acids is 1. The van der Waals surface area contributed by atoms with Crippen molar-refractivity contribution >= 4 is 27.5 Å². The smallest absolute Gasteiger partial charge is 0.283 e. The molecule has 0 atom stereocenters. The largest absolute Gasteiger partial charge is 0.352 e. The molecule has 0 spiro atoms. The number of nitrogens with one attached hydrogen (secondary N) is 1. The van der Waals surface area contributed by atoms with Crippen LogP contribution in [-0.4, -0.2) is 17.4 Å². The van der Waals surface area contributed by atoms with Crippen molar-refractivity contribution in [2.24, 2.45) is 5.92 Å². The minimum atomic E-state index is -0.698. The second-order valence-electron chi connectivity index (χ2n) is 4.19. The first-order valence-corrected chi connectivity index (χ1v) is 6.20. The molecule has 1 N–H and O–H groups in total. The van der Waals surface area contributed by atoms with Crippen molar-refractivity contribution in [3.05, 3.63) is 38.1 Å². The molecular weight excluding hydrogens is 307 g/mol. The lowest BCUT2D eigenvalue weighted by Crippen LogP contribution is -2.26. The van der Waals surface area contributed by atoms with E-state index < -0.39 is 22.3 Å². The van der Waals surface area contributed by atoms with Crippen LogP contribution in [0.5, 0.6) is 0 Å². The predicted molar refractivity (Wildman–Crippen MR) is 65.8 cm³/mol. The molecule has 2 rings (SSSR count). The highest BCUT2D eigenvalue weighted by molar-refractivity contribution is 9.10. The number of hydrogen-bond acceptors (Lipinski definition) is 3. The first-order valence-electron chi connectivity index (χ1n) is 5.40. The Labute approximate surface area is 111 Å². The van der Waals surface area contributed by atoms with Crippen molar-refractivity contribution in [1.29, 1.82) is 0 Å². The van der Waals surface area contributed by atoms with E-state index in [1.165, 1.54) is 0 Å². The van der Waals surface area contributed by atoms with E-state index in [1.807, 2.05) is 0 Å². The summed E-state index contributed by atoms with van der Waals surface area (Å²) in [5, 5.41) is 13.4. The van der Waals surface area contributed by atoms with Gasteiger partial charge in [-0.1, -0.05) is 0 Å². The van der Waals surface area contributed by atoms with Crippen LogP contribution < -0.4 is 5.32 Å². The van der Waals surface area contributed by atoms with Crippen molar-refractivity contribution in [2.75, 3.05) is 6.54 Å². The van der Waals surface area contributed by atoms with Gasteiger partial charge in [0.2, 0.25) is 0 Å². The molecule has 1 saturated carbocycles. The van der Waals surface area contributed by atoms with Gasteiger partial charge >= 0.3 is 0 Å². The standard InChI is InChI=1S/C11H10BrFN2O3/c12-8-4-10(15(17)18)7(3-9(8)13)11(16)14-5-6-1-2-6/h3-4,6H,1-2,5H2,(H,14,16). The first-order chi connectivity index (χ1) is 8.49. The lowest BCUT2D eigenvalue weighted by Gasteiger charge is -2.06. The third kappa shape index (κ3) is 2.84. The number of nitro benzene ring substituents is 1. The van der Waals surface area contributed by atoms with Gasteiger partial charge in [0.25, 0.3) is 11.6 Å². The Morgan fingerprint density at radius 3 is 2.78 bits per heavy atom. The zero-order valence-corrected chi connectivity index (χ0v) is 10.9. The van der Waals surface area contributed by atoms with Crippen LogP contribution in [0.2, 0.25) is 0 Å². The van der Waals surface area contributed by atoms with Crippen LogP contribution in [-0.2, 0) is 0 Å². The monoisotopic (exact) mass is 316 g/mol. The fourth-order valence-corrected chi connectivity index (χ4v) is 1.85. The van der Waals surface area contributed by atoms with E-state index in [0.717, 1.165) is 25.0 Å². The number of amides is 1. The van der Waals surface area contributed by atoms with Crippen molar-refractivity contribution in [3.63, 3.8) is 0 Å². The summed E-state index contributed by atoms with van der Waals surface area (Å²) in [5.41, 5.74) is -0.655. The van der Waals surface area contributed by atoms with Crippen LogP contribution >= 0.6 is 15.9 Å². The average Bonchev–Trinajstić information content (AvgIpc) is 3.12. The molecule has 7 heteroatoms. The molecule has 1 aromatic carbocycles. The molecule has 0 saturated heterocycles. The lowest BCUT2D eigenvalue weighted by molar-refractivity contribution is -0.385. The molecule has 0 bridgehead atoms. The Hall–Kier alpha value is -1.50. The molecule has 1 aromatic rings. The van der Waals surface area contributed by atoms with Gasteiger partial charge in [-0.05, 0) is 40.8 Å². The molecular formula is C11H10BrFN2O3. The third-order valence-electron chi connectivity index (χ3n) is 2.73. The molecule has 1 aliphatic rings. The highest BCUT2D eigenvalue weighted by Crippen LogP contribution is 2.29. The van der Waals surface area contributed by atoms with Crippen molar-refractivity contribution in [1.82, 2.24) is 5.32 Å². The fraction of sp³-hybridized carbons (Fsp3) is 0.364. The Balaban J connectivity index is 2.25. The SMILES string of the molecule is O=C(NCC1CC1)c1cc(F)c(Br)cc1[N+](=O)[O-]. The van der Waals surface area contributed by atoms with Gasteiger partial charge in [0.1, 0.15) is 11.4 Å². The summed E-state index contributed by atoms with van der Waals surface area (Å²) in [7, 11) is 0. The van der Waals surface area contributed by atoms with Gasteiger partial charge in [0.15, 0.2) is 0 Å². The molecule has 1 fully saturated rings. The van der Waals surface area contributed by atoms with Gasteiger partial charge in [0, 0.05) is 12.6 Å². The third-order valence-corrected chi connectivity index (χ3v) is 3.34. The number of halogens is 2. The minimum Gasteiger partial charge on any atom is -0.352 e. The van der Waals surface area contributed by atoms with Crippen LogP contribution in [0.3, 0.4) is 0 Å². The van der Waals surface area contributed by atoms with Gasteiger partial charge in [0.05, 0.1) is 9.40 Å². The van der Waals surface area contributed by atoms with Gasteiger partial charge in [-0.25, -0.2) is 4.39 Å². The van der Waals surface area contributed by atoms with E-state index in [1.54, 1.807) is 0 Å². The summed E-state index contributed by atoms with van der Waals surface area (Å²) in [4.78, 5) is 21.9. The molecule has 18 heavy (non-hydrogen) atoms. The summed E-state index contributed by atoms with van der Waals surface area (Å²) < 4.78 is 13.3. The first kappa shape index (κ1) is 12.9. The maximum atomic E-state index is 13.3.